The fourth-order valence-electron chi connectivity index (χ4n) is 1.86. The molecule has 1 aliphatic rings. The van der Waals surface area contributed by atoms with Gasteiger partial charge in [-0.1, -0.05) is 0 Å². The number of rotatable bonds is 2. The van der Waals surface area contributed by atoms with Gasteiger partial charge in [0.05, 0.1) is 17.6 Å². The zero-order valence-corrected chi connectivity index (χ0v) is 9.90. The quantitative estimate of drug-likeness (QED) is 0.772. The fraction of sp³-hybridized carbons (Fsp3) is 0.583. The van der Waals surface area contributed by atoms with Crippen molar-refractivity contribution in [2.24, 2.45) is 0 Å². The molecule has 2 rings (SSSR count). The van der Waals surface area contributed by atoms with E-state index in [-0.39, 0.29) is 0 Å². The van der Waals surface area contributed by atoms with E-state index >= 15 is 0 Å². The van der Waals surface area contributed by atoms with Gasteiger partial charge < -0.3 is 15.3 Å². The number of nitrogens with one attached hydrogen (secondary N) is 1. The molecule has 0 spiro atoms. The molecule has 16 heavy (non-hydrogen) atoms. The van der Waals surface area contributed by atoms with Crippen LogP contribution in [0, 0.1) is 0 Å². The first kappa shape index (κ1) is 11.4. The first-order valence-electron chi connectivity index (χ1n) is 5.72. The van der Waals surface area contributed by atoms with Crippen molar-refractivity contribution in [1.82, 2.24) is 10.3 Å². The Morgan fingerprint density at radius 1 is 1.31 bits per heavy atom. The van der Waals surface area contributed by atoms with Crippen LogP contribution < -0.4 is 10.2 Å². The molecule has 0 amide bonds. The van der Waals surface area contributed by atoms with Crippen molar-refractivity contribution in [3.63, 3.8) is 0 Å². The van der Waals surface area contributed by atoms with Crippen LogP contribution in [0.3, 0.4) is 0 Å². The minimum atomic E-state index is -0.859. The molecule has 0 atom stereocenters. The number of hydrogen-bond acceptors (Lipinski definition) is 4. The summed E-state index contributed by atoms with van der Waals surface area (Å²) in [5.41, 5.74) is 0.989. The zero-order chi connectivity index (χ0) is 11.6. The van der Waals surface area contributed by atoms with E-state index in [1.807, 2.05) is 18.3 Å². The minimum Gasteiger partial charge on any atom is -0.384 e. The SMILES string of the molecule is CC(C)(O)c1ccc(N2CCNCC2)cn1. The highest BCUT2D eigenvalue weighted by molar-refractivity contribution is 5.45. The van der Waals surface area contributed by atoms with Crippen molar-refractivity contribution in [2.75, 3.05) is 31.1 Å². The second-order valence-electron chi connectivity index (χ2n) is 4.70. The third-order valence-corrected chi connectivity index (χ3v) is 2.86. The summed E-state index contributed by atoms with van der Waals surface area (Å²) >= 11 is 0. The van der Waals surface area contributed by atoms with Crippen LogP contribution in [-0.2, 0) is 5.60 Å². The van der Waals surface area contributed by atoms with E-state index in [9.17, 15) is 5.11 Å². The van der Waals surface area contributed by atoms with Crippen LogP contribution in [0.5, 0.6) is 0 Å². The van der Waals surface area contributed by atoms with E-state index in [4.69, 9.17) is 0 Å². The molecule has 0 radical (unpaired) electrons. The van der Waals surface area contributed by atoms with E-state index in [1.54, 1.807) is 13.8 Å². The Kier molecular flexibility index (Phi) is 3.12. The van der Waals surface area contributed by atoms with Crippen molar-refractivity contribution < 1.29 is 5.11 Å². The Morgan fingerprint density at radius 2 is 2.00 bits per heavy atom. The number of aromatic nitrogens is 1. The number of aliphatic hydroxyl groups is 1. The highest BCUT2D eigenvalue weighted by Gasteiger charge is 2.18. The predicted molar refractivity (Wildman–Crippen MR) is 64.6 cm³/mol. The lowest BCUT2D eigenvalue weighted by Crippen LogP contribution is -2.43. The molecule has 4 heteroatoms. The maximum atomic E-state index is 9.80. The largest absolute Gasteiger partial charge is 0.384 e. The molecule has 2 N–H and O–H groups in total. The van der Waals surface area contributed by atoms with Crippen molar-refractivity contribution >= 4 is 5.69 Å². The van der Waals surface area contributed by atoms with E-state index in [1.165, 1.54) is 0 Å². The Balaban J connectivity index is 2.12. The second kappa shape index (κ2) is 4.39. The van der Waals surface area contributed by atoms with Gasteiger partial charge in [0, 0.05) is 26.2 Å². The molecular weight excluding hydrogens is 202 g/mol. The lowest BCUT2D eigenvalue weighted by atomic mass is 10.0. The molecule has 0 unspecified atom stereocenters. The molecule has 0 aromatic carbocycles. The Bertz CT molecular complexity index is 336. The molecule has 0 saturated carbocycles. The van der Waals surface area contributed by atoms with Crippen LogP contribution in [0.2, 0.25) is 0 Å². The lowest BCUT2D eigenvalue weighted by Gasteiger charge is -2.29. The van der Waals surface area contributed by atoms with Crippen molar-refractivity contribution in [2.45, 2.75) is 19.4 Å². The molecule has 1 aliphatic heterocycles. The van der Waals surface area contributed by atoms with Crippen molar-refractivity contribution in [3.8, 4) is 0 Å². The van der Waals surface area contributed by atoms with Crippen LogP contribution in [0.1, 0.15) is 19.5 Å². The van der Waals surface area contributed by atoms with Gasteiger partial charge in [-0.25, -0.2) is 0 Å². The molecule has 0 bridgehead atoms. The van der Waals surface area contributed by atoms with Gasteiger partial charge in [0.25, 0.3) is 0 Å². The van der Waals surface area contributed by atoms with E-state index in [2.05, 4.69) is 15.2 Å². The smallest absolute Gasteiger partial charge is 0.101 e. The topological polar surface area (TPSA) is 48.4 Å². The highest BCUT2D eigenvalue weighted by Crippen LogP contribution is 2.20. The van der Waals surface area contributed by atoms with E-state index in [0.717, 1.165) is 31.9 Å². The van der Waals surface area contributed by atoms with Gasteiger partial charge in [-0.3, -0.25) is 4.98 Å². The normalized spacial score (nSPS) is 17.6. The Morgan fingerprint density at radius 3 is 2.50 bits per heavy atom. The summed E-state index contributed by atoms with van der Waals surface area (Å²) < 4.78 is 0. The zero-order valence-electron chi connectivity index (χ0n) is 9.90. The van der Waals surface area contributed by atoms with Gasteiger partial charge in [-0.15, -0.1) is 0 Å². The van der Waals surface area contributed by atoms with Crippen molar-refractivity contribution in [1.29, 1.82) is 0 Å². The minimum absolute atomic E-state index is 0.714. The summed E-state index contributed by atoms with van der Waals surface area (Å²) in [7, 11) is 0. The van der Waals surface area contributed by atoms with Crippen LogP contribution in [0.4, 0.5) is 5.69 Å². The van der Waals surface area contributed by atoms with Gasteiger partial charge in [0.2, 0.25) is 0 Å². The average Bonchev–Trinajstić information content (AvgIpc) is 2.29. The molecule has 4 nitrogen and oxygen atoms in total. The molecule has 1 aromatic heterocycles. The molecule has 1 fully saturated rings. The average molecular weight is 221 g/mol. The monoisotopic (exact) mass is 221 g/mol. The first-order valence-corrected chi connectivity index (χ1v) is 5.72. The summed E-state index contributed by atoms with van der Waals surface area (Å²) in [6, 6.07) is 3.93. The third kappa shape index (κ3) is 2.51. The fourth-order valence-corrected chi connectivity index (χ4v) is 1.86. The summed E-state index contributed by atoms with van der Waals surface area (Å²) in [5.74, 6) is 0. The lowest BCUT2D eigenvalue weighted by molar-refractivity contribution is 0.0739. The molecule has 0 aliphatic carbocycles. The number of nitrogens with zero attached hydrogens (tertiary/aromatic N) is 2. The van der Waals surface area contributed by atoms with Crippen molar-refractivity contribution in [3.05, 3.63) is 24.0 Å². The molecular formula is C12H19N3O. The van der Waals surface area contributed by atoms with Crippen LogP contribution in [0.15, 0.2) is 18.3 Å². The van der Waals surface area contributed by atoms with E-state index in [0.29, 0.717) is 5.69 Å². The number of pyridine rings is 1. The molecule has 1 saturated heterocycles. The number of piperazine rings is 1. The summed E-state index contributed by atoms with van der Waals surface area (Å²) in [6.45, 7) is 7.58. The number of hydrogen-bond donors (Lipinski definition) is 2. The molecule has 2 heterocycles. The van der Waals surface area contributed by atoms with Crippen LogP contribution in [-0.4, -0.2) is 36.3 Å². The molecule has 1 aromatic rings. The number of anilines is 1. The highest BCUT2D eigenvalue weighted by atomic mass is 16.3. The maximum Gasteiger partial charge on any atom is 0.101 e. The van der Waals surface area contributed by atoms with Crippen LogP contribution >= 0.6 is 0 Å². The Hall–Kier alpha value is -1.13. The predicted octanol–water partition coefficient (Wildman–Crippen LogP) is 0.719. The first-order chi connectivity index (χ1) is 7.57. The summed E-state index contributed by atoms with van der Waals surface area (Å²) in [6.07, 6.45) is 1.85. The standard InChI is InChI=1S/C12H19N3O/c1-12(2,16)11-4-3-10(9-14-11)15-7-5-13-6-8-15/h3-4,9,13,16H,5-8H2,1-2H3. The van der Waals surface area contributed by atoms with Gasteiger partial charge in [-0.05, 0) is 26.0 Å². The molecule has 88 valence electrons. The maximum absolute atomic E-state index is 9.80. The van der Waals surface area contributed by atoms with Gasteiger partial charge in [0.15, 0.2) is 0 Å². The summed E-state index contributed by atoms with van der Waals surface area (Å²) in [4.78, 5) is 6.62. The van der Waals surface area contributed by atoms with Gasteiger partial charge in [0.1, 0.15) is 5.60 Å². The van der Waals surface area contributed by atoms with E-state index < -0.39 is 5.60 Å². The van der Waals surface area contributed by atoms with Crippen LogP contribution in [0.25, 0.3) is 0 Å². The van der Waals surface area contributed by atoms with Gasteiger partial charge in [-0.2, -0.15) is 0 Å². The second-order valence-corrected chi connectivity index (χ2v) is 4.70. The third-order valence-electron chi connectivity index (χ3n) is 2.86. The van der Waals surface area contributed by atoms with Gasteiger partial charge >= 0.3 is 0 Å². The Labute approximate surface area is 96.3 Å². The summed E-state index contributed by atoms with van der Waals surface area (Å²) in [5, 5.41) is 13.1.